The van der Waals surface area contributed by atoms with Gasteiger partial charge >= 0.3 is 29.6 Å². The summed E-state index contributed by atoms with van der Waals surface area (Å²) in [5, 5.41) is 2.12. The summed E-state index contributed by atoms with van der Waals surface area (Å²) in [6.07, 6.45) is 2.11. The standard InChI is InChI=1S/C14H16O2S.Na.H/c1-15-13-8-6-11(10-14(13)16-2)5-7-12-4-3-9-17-12;;/h3-4,6,8-10H,5,7H2,1-2H3;;. The molecule has 0 aliphatic heterocycles. The Morgan fingerprint density at radius 2 is 1.78 bits per heavy atom. The van der Waals surface area contributed by atoms with E-state index in [0.717, 1.165) is 24.3 Å². The van der Waals surface area contributed by atoms with Crippen molar-refractivity contribution in [2.24, 2.45) is 0 Å². The predicted octanol–water partition coefficient (Wildman–Crippen LogP) is 2.90. The molecule has 0 N–H and O–H groups in total. The molecule has 0 aliphatic carbocycles. The fourth-order valence-electron chi connectivity index (χ4n) is 1.76. The van der Waals surface area contributed by atoms with E-state index in [-0.39, 0.29) is 29.6 Å². The monoisotopic (exact) mass is 272 g/mol. The molecule has 0 spiro atoms. The number of hydrogen-bond acceptors (Lipinski definition) is 3. The molecule has 0 fully saturated rings. The molecule has 0 aliphatic rings. The molecule has 1 aromatic carbocycles. The molecule has 0 saturated carbocycles. The molecule has 92 valence electrons. The molecule has 0 atom stereocenters. The molecule has 1 heterocycles. The summed E-state index contributed by atoms with van der Waals surface area (Å²) >= 11 is 1.80. The van der Waals surface area contributed by atoms with Crippen LogP contribution >= 0.6 is 11.3 Å². The van der Waals surface area contributed by atoms with Crippen LogP contribution in [0, 0.1) is 0 Å². The summed E-state index contributed by atoms with van der Waals surface area (Å²) in [4.78, 5) is 1.42. The van der Waals surface area contributed by atoms with Gasteiger partial charge in [-0.25, -0.2) is 0 Å². The van der Waals surface area contributed by atoms with E-state index in [2.05, 4.69) is 23.6 Å². The molecule has 0 radical (unpaired) electrons. The fourth-order valence-corrected chi connectivity index (χ4v) is 2.47. The third kappa shape index (κ3) is 4.02. The predicted molar refractivity (Wildman–Crippen MR) is 78.4 cm³/mol. The number of ether oxygens (including phenoxy) is 2. The quantitative estimate of drug-likeness (QED) is 0.779. The van der Waals surface area contributed by atoms with Gasteiger partial charge in [0.1, 0.15) is 0 Å². The van der Waals surface area contributed by atoms with Crippen LogP contribution in [-0.4, -0.2) is 43.8 Å². The third-order valence-corrected chi connectivity index (χ3v) is 3.62. The van der Waals surface area contributed by atoms with Gasteiger partial charge in [0.15, 0.2) is 11.5 Å². The van der Waals surface area contributed by atoms with E-state index in [0.29, 0.717) is 0 Å². The first-order chi connectivity index (χ1) is 8.33. The number of benzene rings is 1. The molecule has 0 bridgehead atoms. The van der Waals surface area contributed by atoms with Crippen molar-refractivity contribution in [1.82, 2.24) is 0 Å². The second-order valence-corrected chi connectivity index (χ2v) is 4.80. The SMILES string of the molecule is COc1ccc(CCc2cccs2)cc1OC.[NaH]. The topological polar surface area (TPSA) is 18.5 Å². The van der Waals surface area contributed by atoms with E-state index in [1.165, 1.54) is 10.4 Å². The number of rotatable bonds is 5. The van der Waals surface area contributed by atoms with E-state index < -0.39 is 0 Å². The van der Waals surface area contributed by atoms with Gasteiger partial charge in [-0.3, -0.25) is 0 Å². The van der Waals surface area contributed by atoms with Crippen LogP contribution < -0.4 is 9.47 Å². The molecule has 0 saturated heterocycles. The van der Waals surface area contributed by atoms with Gasteiger partial charge in [0.2, 0.25) is 0 Å². The Kier molecular flexibility index (Phi) is 6.79. The van der Waals surface area contributed by atoms with Gasteiger partial charge in [-0.2, -0.15) is 0 Å². The summed E-state index contributed by atoms with van der Waals surface area (Å²) in [5.74, 6) is 1.59. The van der Waals surface area contributed by atoms with Gasteiger partial charge in [0.25, 0.3) is 0 Å². The molecule has 18 heavy (non-hydrogen) atoms. The van der Waals surface area contributed by atoms with E-state index in [1.807, 2.05) is 12.1 Å². The van der Waals surface area contributed by atoms with E-state index in [4.69, 9.17) is 9.47 Å². The van der Waals surface area contributed by atoms with Crippen molar-refractivity contribution in [3.8, 4) is 11.5 Å². The zero-order valence-corrected chi connectivity index (χ0v) is 10.9. The van der Waals surface area contributed by atoms with E-state index >= 15 is 0 Å². The average Bonchev–Trinajstić information content (AvgIpc) is 2.89. The minimum absolute atomic E-state index is 0. The van der Waals surface area contributed by atoms with Gasteiger partial charge in [-0.1, -0.05) is 12.1 Å². The van der Waals surface area contributed by atoms with Crippen LogP contribution in [0.15, 0.2) is 35.7 Å². The third-order valence-electron chi connectivity index (χ3n) is 2.69. The summed E-state index contributed by atoms with van der Waals surface area (Å²) in [7, 11) is 3.32. The summed E-state index contributed by atoms with van der Waals surface area (Å²) < 4.78 is 10.5. The Morgan fingerprint density at radius 3 is 2.39 bits per heavy atom. The first-order valence-electron chi connectivity index (χ1n) is 5.57. The van der Waals surface area contributed by atoms with Crippen LogP contribution in [0.1, 0.15) is 10.4 Å². The Labute approximate surface area is 134 Å². The Balaban J connectivity index is 0.00000162. The minimum atomic E-state index is 0. The molecule has 2 rings (SSSR count). The number of hydrogen-bond donors (Lipinski definition) is 0. The fraction of sp³-hybridized carbons (Fsp3) is 0.286. The van der Waals surface area contributed by atoms with Crippen molar-refractivity contribution in [3.63, 3.8) is 0 Å². The van der Waals surface area contributed by atoms with Crippen molar-refractivity contribution in [3.05, 3.63) is 46.2 Å². The zero-order chi connectivity index (χ0) is 12.1. The van der Waals surface area contributed by atoms with E-state index in [1.54, 1.807) is 25.6 Å². The maximum atomic E-state index is 5.29. The second kappa shape index (κ2) is 7.85. The van der Waals surface area contributed by atoms with Crippen molar-refractivity contribution >= 4 is 40.9 Å². The van der Waals surface area contributed by atoms with Crippen molar-refractivity contribution in [2.75, 3.05) is 14.2 Å². The Bertz CT molecular complexity index is 469. The van der Waals surface area contributed by atoms with Crippen LogP contribution in [0.3, 0.4) is 0 Å². The van der Waals surface area contributed by atoms with Crippen LogP contribution in [0.5, 0.6) is 11.5 Å². The van der Waals surface area contributed by atoms with Crippen molar-refractivity contribution in [1.29, 1.82) is 0 Å². The second-order valence-electron chi connectivity index (χ2n) is 3.77. The van der Waals surface area contributed by atoms with Crippen LogP contribution in [0.4, 0.5) is 0 Å². The van der Waals surface area contributed by atoms with Gasteiger partial charge in [0.05, 0.1) is 14.2 Å². The maximum absolute atomic E-state index is 5.29. The van der Waals surface area contributed by atoms with Gasteiger partial charge in [0, 0.05) is 4.88 Å². The average molecular weight is 272 g/mol. The molecule has 2 nitrogen and oxygen atoms in total. The van der Waals surface area contributed by atoms with Gasteiger partial charge < -0.3 is 9.47 Å². The molecule has 2 aromatic rings. The first kappa shape index (κ1) is 15.6. The van der Waals surface area contributed by atoms with Crippen molar-refractivity contribution < 1.29 is 9.47 Å². The summed E-state index contributed by atoms with van der Waals surface area (Å²) in [5.41, 5.74) is 1.27. The number of methoxy groups -OCH3 is 2. The molecule has 0 unspecified atom stereocenters. The molecular weight excluding hydrogens is 255 g/mol. The number of thiophene rings is 1. The molecular formula is C14H17NaO2S. The van der Waals surface area contributed by atoms with E-state index in [9.17, 15) is 0 Å². The summed E-state index contributed by atoms with van der Waals surface area (Å²) in [6, 6.07) is 10.4. The zero-order valence-electron chi connectivity index (χ0n) is 10.1. The molecule has 1 aromatic heterocycles. The first-order valence-corrected chi connectivity index (χ1v) is 6.44. The number of aryl methyl sites for hydroxylation is 2. The molecule has 0 amide bonds. The van der Waals surface area contributed by atoms with Crippen LogP contribution in [0.2, 0.25) is 0 Å². The summed E-state index contributed by atoms with van der Waals surface area (Å²) in [6.45, 7) is 0. The normalized spacial score (nSPS) is 9.67. The van der Waals surface area contributed by atoms with Crippen LogP contribution in [0.25, 0.3) is 0 Å². The van der Waals surface area contributed by atoms with Gasteiger partial charge in [-0.05, 0) is 42.0 Å². The van der Waals surface area contributed by atoms with Crippen molar-refractivity contribution in [2.45, 2.75) is 12.8 Å². The Morgan fingerprint density at radius 1 is 1.00 bits per heavy atom. The van der Waals surface area contributed by atoms with Gasteiger partial charge in [-0.15, -0.1) is 11.3 Å². The van der Waals surface area contributed by atoms with Crippen LogP contribution in [-0.2, 0) is 12.8 Å². The Hall–Kier alpha value is -0.480. The molecule has 4 heteroatoms.